The van der Waals surface area contributed by atoms with Crippen LogP contribution >= 0.6 is 0 Å². The van der Waals surface area contributed by atoms with Crippen LogP contribution in [0, 0.1) is 13.8 Å². The van der Waals surface area contributed by atoms with Gasteiger partial charge in [-0.3, -0.25) is 4.79 Å². The Morgan fingerprint density at radius 3 is 2.58 bits per heavy atom. The van der Waals surface area contributed by atoms with Gasteiger partial charge in [0.15, 0.2) is 0 Å². The van der Waals surface area contributed by atoms with E-state index in [4.69, 9.17) is 9.47 Å². The normalized spacial score (nSPS) is 10.7. The van der Waals surface area contributed by atoms with Crippen molar-refractivity contribution >= 4 is 12.1 Å². The number of amides is 1. The highest BCUT2D eigenvalue weighted by molar-refractivity contribution is 5.86. The van der Waals surface area contributed by atoms with E-state index in [1.807, 2.05) is 32.0 Å². The van der Waals surface area contributed by atoms with E-state index >= 15 is 0 Å². The first-order valence-electron chi connectivity index (χ1n) is 7.63. The molecule has 1 amide bonds. The number of hydrogen-bond donors (Lipinski definition) is 1. The lowest BCUT2D eigenvalue weighted by molar-refractivity contribution is -0.120. The third-order valence-corrected chi connectivity index (χ3v) is 3.68. The zero-order valence-corrected chi connectivity index (χ0v) is 14.4. The van der Waals surface area contributed by atoms with E-state index in [2.05, 4.69) is 16.6 Å². The number of methoxy groups -OCH3 is 2. The molecular formula is C19H22N2O3. The first kappa shape index (κ1) is 17.5. The fourth-order valence-corrected chi connectivity index (χ4v) is 2.36. The summed E-state index contributed by atoms with van der Waals surface area (Å²) in [6.45, 7) is 4.03. The molecular weight excluding hydrogens is 304 g/mol. The molecule has 2 aromatic carbocycles. The zero-order chi connectivity index (χ0) is 17.5. The Kier molecular flexibility index (Phi) is 5.95. The monoisotopic (exact) mass is 326 g/mol. The van der Waals surface area contributed by atoms with Crippen molar-refractivity contribution in [2.24, 2.45) is 5.10 Å². The smallest absolute Gasteiger partial charge is 0.244 e. The maximum absolute atomic E-state index is 12.0. The number of hydrazone groups is 1. The molecule has 0 bridgehead atoms. The van der Waals surface area contributed by atoms with Gasteiger partial charge in [-0.2, -0.15) is 5.10 Å². The predicted molar refractivity (Wildman–Crippen MR) is 94.9 cm³/mol. The highest BCUT2D eigenvalue weighted by atomic mass is 16.5. The minimum atomic E-state index is -0.161. The van der Waals surface area contributed by atoms with E-state index < -0.39 is 0 Å². The van der Waals surface area contributed by atoms with Crippen molar-refractivity contribution in [3.63, 3.8) is 0 Å². The van der Waals surface area contributed by atoms with E-state index in [-0.39, 0.29) is 5.91 Å². The topological polar surface area (TPSA) is 59.9 Å². The Hall–Kier alpha value is -2.82. The highest BCUT2D eigenvalue weighted by Gasteiger charge is 2.06. The van der Waals surface area contributed by atoms with Crippen LogP contribution < -0.4 is 14.9 Å². The summed E-state index contributed by atoms with van der Waals surface area (Å²) in [6.07, 6.45) is 1.85. The molecule has 126 valence electrons. The van der Waals surface area contributed by atoms with Crippen LogP contribution in [0.15, 0.2) is 41.5 Å². The minimum absolute atomic E-state index is 0.161. The number of rotatable bonds is 6. The van der Waals surface area contributed by atoms with Gasteiger partial charge in [0.2, 0.25) is 5.91 Å². The Balaban J connectivity index is 1.99. The zero-order valence-electron chi connectivity index (χ0n) is 14.4. The van der Waals surface area contributed by atoms with Gasteiger partial charge in [0.05, 0.1) is 26.9 Å². The van der Waals surface area contributed by atoms with E-state index in [0.29, 0.717) is 17.9 Å². The van der Waals surface area contributed by atoms with Gasteiger partial charge >= 0.3 is 0 Å². The molecule has 0 aliphatic carbocycles. The van der Waals surface area contributed by atoms with Gasteiger partial charge in [0.1, 0.15) is 11.5 Å². The third-order valence-electron chi connectivity index (χ3n) is 3.68. The summed E-state index contributed by atoms with van der Waals surface area (Å²) >= 11 is 0. The van der Waals surface area contributed by atoms with Crippen molar-refractivity contribution in [1.82, 2.24) is 5.43 Å². The fourth-order valence-electron chi connectivity index (χ4n) is 2.36. The molecule has 0 saturated heterocycles. The summed E-state index contributed by atoms with van der Waals surface area (Å²) in [5, 5.41) is 4.00. The van der Waals surface area contributed by atoms with Crippen LogP contribution in [0.2, 0.25) is 0 Å². The number of nitrogens with zero attached hydrogens (tertiary/aromatic N) is 1. The molecule has 0 aromatic heterocycles. The van der Waals surface area contributed by atoms with Gasteiger partial charge in [0.25, 0.3) is 0 Å². The van der Waals surface area contributed by atoms with Crippen LogP contribution in [0.4, 0.5) is 0 Å². The van der Waals surface area contributed by atoms with E-state index in [1.165, 1.54) is 5.56 Å². The largest absolute Gasteiger partial charge is 0.497 e. The van der Waals surface area contributed by atoms with Crippen LogP contribution in [-0.2, 0) is 11.2 Å². The number of carbonyl (C=O) groups excluding carboxylic acids is 1. The van der Waals surface area contributed by atoms with Gasteiger partial charge in [0, 0.05) is 11.6 Å². The van der Waals surface area contributed by atoms with Crippen LogP contribution in [0.5, 0.6) is 11.5 Å². The molecule has 0 radical (unpaired) electrons. The molecule has 0 heterocycles. The molecule has 1 N–H and O–H groups in total. The number of carbonyl (C=O) groups is 1. The molecule has 0 saturated carbocycles. The molecule has 0 unspecified atom stereocenters. The molecule has 2 rings (SSSR count). The van der Waals surface area contributed by atoms with Crippen molar-refractivity contribution < 1.29 is 14.3 Å². The molecule has 0 spiro atoms. The number of nitrogens with one attached hydrogen (secondary N) is 1. The van der Waals surface area contributed by atoms with Crippen molar-refractivity contribution in [3.05, 3.63) is 58.7 Å². The predicted octanol–water partition coefficient (Wildman–Crippen LogP) is 3.01. The Morgan fingerprint density at radius 2 is 1.92 bits per heavy atom. The van der Waals surface area contributed by atoms with Crippen molar-refractivity contribution in [2.75, 3.05) is 14.2 Å². The summed E-state index contributed by atoms with van der Waals surface area (Å²) in [7, 11) is 3.17. The lowest BCUT2D eigenvalue weighted by Crippen LogP contribution is -2.20. The number of benzene rings is 2. The molecule has 0 fully saturated rings. The average molecular weight is 326 g/mol. The third kappa shape index (κ3) is 4.59. The molecule has 0 aliphatic heterocycles. The van der Waals surface area contributed by atoms with E-state index in [0.717, 1.165) is 16.7 Å². The van der Waals surface area contributed by atoms with Crippen LogP contribution in [-0.4, -0.2) is 26.3 Å². The second kappa shape index (κ2) is 8.15. The lowest BCUT2D eigenvalue weighted by atomic mass is 10.0. The first-order chi connectivity index (χ1) is 11.5. The van der Waals surface area contributed by atoms with Gasteiger partial charge in [-0.1, -0.05) is 23.8 Å². The van der Waals surface area contributed by atoms with Gasteiger partial charge < -0.3 is 9.47 Å². The van der Waals surface area contributed by atoms with Gasteiger partial charge in [-0.15, -0.1) is 0 Å². The summed E-state index contributed by atoms with van der Waals surface area (Å²) in [4.78, 5) is 12.0. The Morgan fingerprint density at radius 1 is 1.12 bits per heavy atom. The van der Waals surface area contributed by atoms with Crippen molar-refractivity contribution in [1.29, 1.82) is 0 Å². The lowest BCUT2D eigenvalue weighted by Gasteiger charge is -2.07. The number of hydrogen-bond acceptors (Lipinski definition) is 4. The molecule has 24 heavy (non-hydrogen) atoms. The van der Waals surface area contributed by atoms with Crippen LogP contribution in [0.1, 0.15) is 22.3 Å². The Bertz CT molecular complexity index is 754. The molecule has 0 aliphatic rings. The minimum Gasteiger partial charge on any atom is -0.497 e. The number of aryl methyl sites for hydroxylation is 2. The van der Waals surface area contributed by atoms with E-state index in [1.54, 1.807) is 32.6 Å². The van der Waals surface area contributed by atoms with Crippen LogP contribution in [0.3, 0.4) is 0 Å². The molecule has 5 nitrogen and oxygen atoms in total. The second-order valence-electron chi connectivity index (χ2n) is 5.51. The van der Waals surface area contributed by atoms with Crippen LogP contribution in [0.25, 0.3) is 0 Å². The van der Waals surface area contributed by atoms with E-state index in [9.17, 15) is 4.79 Å². The summed E-state index contributed by atoms with van der Waals surface area (Å²) < 4.78 is 10.4. The SMILES string of the molecule is COc1ccc(/C=N/NC(=O)Cc2ccc(C)cc2C)c(OC)c1. The second-order valence-corrected chi connectivity index (χ2v) is 5.51. The van der Waals surface area contributed by atoms with Gasteiger partial charge in [-0.25, -0.2) is 5.43 Å². The number of ether oxygens (including phenoxy) is 2. The van der Waals surface area contributed by atoms with Crippen molar-refractivity contribution in [2.45, 2.75) is 20.3 Å². The Labute approximate surface area is 142 Å². The highest BCUT2D eigenvalue weighted by Crippen LogP contribution is 2.23. The fraction of sp³-hybridized carbons (Fsp3) is 0.263. The standard InChI is InChI=1S/C19H22N2O3/c1-13-5-6-15(14(2)9-13)10-19(22)21-20-12-16-7-8-17(23-3)11-18(16)24-4/h5-9,11-12H,10H2,1-4H3,(H,21,22)/b20-12+. The maximum atomic E-state index is 12.0. The first-order valence-corrected chi connectivity index (χ1v) is 7.63. The van der Waals surface area contributed by atoms with Gasteiger partial charge in [-0.05, 0) is 37.1 Å². The summed E-state index contributed by atoms with van der Waals surface area (Å²) in [6, 6.07) is 11.4. The molecule has 0 atom stereocenters. The summed E-state index contributed by atoms with van der Waals surface area (Å²) in [5.41, 5.74) is 6.58. The quantitative estimate of drug-likeness (QED) is 0.656. The molecule has 5 heteroatoms. The van der Waals surface area contributed by atoms with Crippen molar-refractivity contribution in [3.8, 4) is 11.5 Å². The maximum Gasteiger partial charge on any atom is 0.244 e. The average Bonchev–Trinajstić information content (AvgIpc) is 2.57. The summed E-state index contributed by atoms with van der Waals surface area (Å²) in [5.74, 6) is 1.16. The molecule has 2 aromatic rings.